The molecule has 8 heteroatoms. The molecule has 0 unspecified atom stereocenters. The summed E-state index contributed by atoms with van der Waals surface area (Å²) >= 11 is 0. The summed E-state index contributed by atoms with van der Waals surface area (Å²) in [7, 11) is -3.19. The van der Waals surface area contributed by atoms with E-state index in [1.807, 2.05) is 0 Å². The maximum absolute atomic E-state index is 10.7. The van der Waals surface area contributed by atoms with E-state index in [1.54, 1.807) is 72.8 Å². The van der Waals surface area contributed by atoms with E-state index in [9.17, 15) is 14.7 Å². The Morgan fingerprint density at radius 2 is 0.731 bits per heavy atom. The smallest absolute Gasteiger partial charge is 0.271 e. The molecule has 3 aromatic rings. The first-order chi connectivity index (χ1) is 12.2. The average molecular weight is 391 g/mol. The van der Waals surface area contributed by atoms with Crippen molar-refractivity contribution in [3.63, 3.8) is 0 Å². The number of anilines is 3. The van der Waals surface area contributed by atoms with Crippen molar-refractivity contribution in [2.45, 2.75) is 14.7 Å². The van der Waals surface area contributed by atoms with Gasteiger partial charge in [0, 0.05) is 17.1 Å². The highest BCUT2D eigenvalue weighted by atomic mass is 32.6. The van der Waals surface area contributed by atoms with Crippen LogP contribution in [0.25, 0.3) is 0 Å². The summed E-state index contributed by atoms with van der Waals surface area (Å²) in [5.41, 5.74) is 19.0. The van der Waals surface area contributed by atoms with Gasteiger partial charge in [0.15, 0.2) is 0 Å². The van der Waals surface area contributed by atoms with Gasteiger partial charge in [0.2, 0.25) is 0 Å². The number of hydrogen-bond donors (Lipinski definition) is 7. The molecule has 6 nitrogen and oxygen atoms in total. The van der Waals surface area contributed by atoms with E-state index in [0.717, 1.165) is 0 Å². The molecule has 0 atom stereocenters. The molecule has 0 fully saturated rings. The third-order valence-electron chi connectivity index (χ3n) is 4.20. The summed E-state index contributed by atoms with van der Waals surface area (Å²) in [6, 6.07) is 20.3. The molecule has 0 aliphatic rings. The molecule has 0 saturated heterocycles. The highest BCUT2D eigenvalue weighted by Crippen LogP contribution is 2.56. The monoisotopic (exact) mass is 391 g/mol. The van der Waals surface area contributed by atoms with Crippen molar-refractivity contribution in [1.29, 1.82) is 0 Å². The van der Waals surface area contributed by atoms with Gasteiger partial charge in [0.05, 0.1) is 0 Å². The molecule has 0 spiro atoms. The Labute approximate surface area is 152 Å². The number of benzene rings is 3. The summed E-state index contributed by atoms with van der Waals surface area (Å²) in [5.74, 6) is 0. The SMILES string of the molecule is Nc1ccc([SH](c2ccc(N)cc2)(c2ccc(N)cc2)=P(O)(O)O)cc1. The molecule has 0 radical (unpaired) electrons. The molecule has 0 aromatic heterocycles. The molecule has 138 valence electrons. The number of nitrogen functional groups attached to an aromatic ring is 3. The molecular weight excluding hydrogens is 369 g/mol. The molecule has 0 aliphatic heterocycles. The predicted octanol–water partition coefficient (Wildman–Crippen LogP) is 2.45. The zero-order chi connectivity index (χ0) is 18.9. The van der Waals surface area contributed by atoms with Crippen LogP contribution in [0.5, 0.6) is 0 Å². The van der Waals surface area contributed by atoms with Crippen LogP contribution in [0, 0.1) is 0 Å². The van der Waals surface area contributed by atoms with E-state index in [2.05, 4.69) is 0 Å². The van der Waals surface area contributed by atoms with E-state index in [4.69, 9.17) is 17.2 Å². The van der Waals surface area contributed by atoms with Crippen molar-refractivity contribution in [1.82, 2.24) is 0 Å². The zero-order valence-corrected chi connectivity index (χ0v) is 15.7. The molecular formula is C18H22N3O3PS. The van der Waals surface area contributed by atoms with Crippen molar-refractivity contribution in [3.8, 4) is 0 Å². The van der Waals surface area contributed by atoms with E-state index < -0.39 is 15.9 Å². The quantitative estimate of drug-likeness (QED) is 0.208. The second-order valence-corrected chi connectivity index (χ2v) is 13.2. The minimum atomic E-state index is -4.38. The van der Waals surface area contributed by atoms with Crippen LogP contribution < -0.4 is 17.2 Å². The van der Waals surface area contributed by atoms with E-state index in [-0.39, 0.29) is 0 Å². The van der Waals surface area contributed by atoms with Gasteiger partial charge >= 0.3 is 0 Å². The van der Waals surface area contributed by atoms with Crippen molar-refractivity contribution >= 4 is 33.0 Å². The van der Waals surface area contributed by atoms with E-state index in [1.165, 1.54) is 0 Å². The van der Waals surface area contributed by atoms with Gasteiger partial charge in [-0.05, 0) is 87.5 Å². The lowest BCUT2D eigenvalue weighted by Gasteiger charge is -2.36. The van der Waals surface area contributed by atoms with Crippen molar-refractivity contribution in [2.24, 2.45) is 0 Å². The van der Waals surface area contributed by atoms with Gasteiger partial charge in [-0.2, -0.15) is 0 Å². The van der Waals surface area contributed by atoms with Crippen LogP contribution in [0.15, 0.2) is 87.5 Å². The maximum atomic E-state index is 10.7. The lowest BCUT2D eigenvalue weighted by Crippen LogP contribution is -2.16. The van der Waals surface area contributed by atoms with Crippen LogP contribution in [0.3, 0.4) is 0 Å². The molecule has 0 heterocycles. The summed E-state index contributed by atoms with van der Waals surface area (Å²) in [5, 5.41) is 0. The van der Waals surface area contributed by atoms with Gasteiger partial charge in [0.25, 0.3) is 6.72 Å². The normalized spacial score (nSPS) is 12.7. The minimum absolute atomic E-state index is 0.541. The summed E-state index contributed by atoms with van der Waals surface area (Å²) in [6.45, 7) is -4.38. The Bertz CT molecular complexity index is 871. The Morgan fingerprint density at radius 3 is 0.923 bits per heavy atom. The Balaban J connectivity index is 2.50. The summed E-state index contributed by atoms with van der Waals surface area (Å²) in [4.78, 5) is 33.8. The van der Waals surface area contributed by atoms with Gasteiger partial charge in [0.1, 0.15) is 0 Å². The van der Waals surface area contributed by atoms with Crippen molar-refractivity contribution in [2.75, 3.05) is 17.2 Å². The summed E-state index contributed by atoms with van der Waals surface area (Å²) < 4.78 is 0. The molecule has 0 saturated carbocycles. The van der Waals surface area contributed by atoms with Crippen LogP contribution in [-0.2, 0) is 9.21 Å². The predicted molar refractivity (Wildman–Crippen MR) is 110 cm³/mol. The standard InChI is InChI=1S/C18H22N3O3PS/c19-13-1-7-16(8-2-13)26(25(22,23)24,17-9-3-14(20)4-10-17)18-11-5-15(21)6-12-18/h1-12,22-24,26H,19-21H2. The second kappa shape index (κ2) is 6.79. The van der Waals surface area contributed by atoms with Gasteiger partial charge in [-0.25, -0.2) is 0 Å². The molecule has 0 aliphatic carbocycles. The van der Waals surface area contributed by atoms with Crippen LogP contribution in [0.1, 0.15) is 0 Å². The maximum Gasteiger partial charge on any atom is 0.271 e. The van der Waals surface area contributed by atoms with Crippen LogP contribution >= 0.6 is 6.72 Å². The Hall–Kier alpha value is -2.28. The molecule has 3 aromatic carbocycles. The van der Waals surface area contributed by atoms with Gasteiger partial charge in [-0.1, -0.05) is 0 Å². The lowest BCUT2D eigenvalue weighted by atomic mass is 10.3. The van der Waals surface area contributed by atoms with Crippen LogP contribution in [0.2, 0.25) is 0 Å². The molecule has 0 bridgehead atoms. The Morgan fingerprint density at radius 1 is 0.500 bits per heavy atom. The molecule has 3 rings (SSSR count). The fraction of sp³-hybridized carbons (Fsp3) is 0. The van der Waals surface area contributed by atoms with Crippen molar-refractivity contribution in [3.05, 3.63) is 72.8 Å². The number of hydrogen-bond acceptors (Lipinski definition) is 3. The highest BCUT2D eigenvalue weighted by molar-refractivity contribution is 8.39. The largest absolute Gasteiger partial charge is 0.399 e. The minimum Gasteiger partial charge on any atom is -0.399 e. The lowest BCUT2D eigenvalue weighted by molar-refractivity contribution is 0.362. The summed E-state index contributed by atoms with van der Waals surface area (Å²) in [6.07, 6.45) is 0. The molecule has 9 N–H and O–H groups in total. The molecule has 26 heavy (non-hydrogen) atoms. The number of nitrogens with two attached hydrogens (primary N) is 3. The fourth-order valence-electron chi connectivity index (χ4n) is 2.98. The number of thiol groups is 1. The van der Waals surface area contributed by atoms with Crippen LogP contribution in [-0.4, -0.2) is 14.7 Å². The third kappa shape index (κ3) is 3.11. The first-order valence-corrected chi connectivity index (χ1v) is 11.9. The topological polar surface area (TPSA) is 139 Å². The van der Waals surface area contributed by atoms with E-state index in [0.29, 0.717) is 31.7 Å². The first-order valence-electron chi connectivity index (χ1n) is 7.80. The second-order valence-electron chi connectivity index (χ2n) is 5.95. The van der Waals surface area contributed by atoms with Crippen molar-refractivity contribution < 1.29 is 14.7 Å². The van der Waals surface area contributed by atoms with Gasteiger partial charge in [-0.15, -0.1) is 9.21 Å². The number of rotatable bonds is 3. The van der Waals surface area contributed by atoms with Gasteiger partial charge in [-0.3, -0.25) is 0 Å². The third-order valence-corrected chi connectivity index (χ3v) is 12.6. The fourth-order valence-corrected chi connectivity index (χ4v) is 10.5. The Kier molecular flexibility index (Phi) is 4.84. The zero-order valence-electron chi connectivity index (χ0n) is 13.9. The van der Waals surface area contributed by atoms with Gasteiger partial charge < -0.3 is 31.9 Å². The first kappa shape index (κ1) is 18.5. The van der Waals surface area contributed by atoms with E-state index >= 15 is 0 Å². The molecule has 0 amide bonds. The average Bonchev–Trinajstić information content (AvgIpc) is 2.59. The van der Waals surface area contributed by atoms with Crippen LogP contribution in [0.4, 0.5) is 17.1 Å². The highest BCUT2D eigenvalue weighted by Gasteiger charge is 2.31.